The summed E-state index contributed by atoms with van der Waals surface area (Å²) in [5, 5.41) is 3.59. The molecule has 0 saturated carbocycles. The summed E-state index contributed by atoms with van der Waals surface area (Å²) in [6.07, 6.45) is 1.55. The fourth-order valence-electron chi connectivity index (χ4n) is 3.16. The van der Waals surface area contributed by atoms with Crippen molar-refractivity contribution in [1.29, 1.82) is 0 Å². The highest BCUT2D eigenvalue weighted by Crippen LogP contribution is 2.19. The van der Waals surface area contributed by atoms with Crippen LogP contribution in [0.1, 0.15) is 50.3 Å². The second kappa shape index (κ2) is 11.0. The van der Waals surface area contributed by atoms with Gasteiger partial charge in [-0.25, -0.2) is 0 Å². The van der Waals surface area contributed by atoms with Gasteiger partial charge in [0.1, 0.15) is 6.04 Å². The minimum absolute atomic E-state index is 0.0662. The number of carbonyl (C=O) groups excluding carboxylic acids is 2. The molecule has 0 heterocycles. The van der Waals surface area contributed by atoms with Crippen molar-refractivity contribution in [2.75, 3.05) is 0 Å². The highest BCUT2D eigenvalue weighted by Gasteiger charge is 2.29. The first-order chi connectivity index (χ1) is 13.8. The van der Waals surface area contributed by atoms with Gasteiger partial charge in [0, 0.05) is 17.6 Å². The van der Waals surface area contributed by atoms with Crippen molar-refractivity contribution in [2.45, 2.75) is 65.6 Å². The lowest BCUT2D eigenvalue weighted by Crippen LogP contribution is -2.51. The number of halogens is 1. The molecular formula is C24H31ClN2O2. The van der Waals surface area contributed by atoms with Crippen LogP contribution in [0.5, 0.6) is 0 Å². The Morgan fingerprint density at radius 3 is 2.28 bits per heavy atom. The zero-order valence-electron chi connectivity index (χ0n) is 17.7. The van der Waals surface area contributed by atoms with Gasteiger partial charge < -0.3 is 10.2 Å². The van der Waals surface area contributed by atoms with Crippen LogP contribution in [0.15, 0.2) is 48.5 Å². The van der Waals surface area contributed by atoms with Gasteiger partial charge in [0.25, 0.3) is 0 Å². The van der Waals surface area contributed by atoms with Crippen molar-refractivity contribution in [3.63, 3.8) is 0 Å². The lowest BCUT2D eigenvalue weighted by Gasteiger charge is -2.31. The summed E-state index contributed by atoms with van der Waals surface area (Å²) in [4.78, 5) is 27.9. The quantitative estimate of drug-likeness (QED) is 0.633. The fourth-order valence-corrected chi connectivity index (χ4v) is 3.36. The van der Waals surface area contributed by atoms with Crippen LogP contribution in [-0.4, -0.2) is 28.8 Å². The van der Waals surface area contributed by atoms with Crippen LogP contribution in [0, 0.1) is 6.92 Å². The molecule has 156 valence electrons. The first-order valence-electron chi connectivity index (χ1n) is 10.2. The van der Waals surface area contributed by atoms with E-state index in [-0.39, 0.29) is 24.3 Å². The van der Waals surface area contributed by atoms with Crippen LogP contribution in [0.25, 0.3) is 0 Å². The second-order valence-electron chi connectivity index (χ2n) is 7.52. The number of nitrogens with one attached hydrogen (secondary N) is 1. The Morgan fingerprint density at radius 2 is 1.69 bits per heavy atom. The maximum Gasteiger partial charge on any atom is 0.243 e. The number of hydrogen-bond acceptors (Lipinski definition) is 2. The molecule has 0 aromatic heterocycles. The van der Waals surface area contributed by atoms with Gasteiger partial charge in [-0.1, -0.05) is 73.5 Å². The number of benzene rings is 2. The lowest BCUT2D eigenvalue weighted by atomic mass is 10.1. The molecule has 2 aromatic rings. The van der Waals surface area contributed by atoms with Gasteiger partial charge in [-0.15, -0.1) is 0 Å². The van der Waals surface area contributed by atoms with Crippen LogP contribution in [-0.2, 0) is 22.6 Å². The van der Waals surface area contributed by atoms with Gasteiger partial charge in [0.15, 0.2) is 0 Å². The predicted octanol–water partition coefficient (Wildman–Crippen LogP) is 4.91. The van der Waals surface area contributed by atoms with Crippen molar-refractivity contribution in [1.82, 2.24) is 10.2 Å². The van der Waals surface area contributed by atoms with Gasteiger partial charge in [-0.05, 0) is 43.9 Å². The third-order valence-electron chi connectivity index (χ3n) is 5.16. The number of carbonyl (C=O) groups is 2. The van der Waals surface area contributed by atoms with E-state index in [1.165, 1.54) is 0 Å². The van der Waals surface area contributed by atoms with E-state index in [0.29, 0.717) is 18.0 Å². The maximum atomic E-state index is 13.3. The Morgan fingerprint density at radius 1 is 1.03 bits per heavy atom. The molecule has 0 unspecified atom stereocenters. The van der Waals surface area contributed by atoms with E-state index in [9.17, 15) is 9.59 Å². The van der Waals surface area contributed by atoms with Crippen LogP contribution >= 0.6 is 11.6 Å². The van der Waals surface area contributed by atoms with E-state index < -0.39 is 6.04 Å². The van der Waals surface area contributed by atoms with E-state index in [1.807, 2.05) is 70.2 Å². The second-order valence-corrected chi connectivity index (χ2v) is 7.92. The molecule has 0 fully saturated rings. The van der Waals surface area contributed by atoms with Crippen LogP contribution in [0.4, 0.5) is 0 Å². The molecule has 2 rings (SSSR count). The molecule has 29 heavy (non-hydrogen) atoms. The summed E-state index contributed by atoms with van der Waals surface area (Å²) in [5.74, 6) is -0.216. The summed E-state index contributed by atoms with van der Waals surface area (Å²) >= 11 is 6.26. The molecule has 2 amide bonds. The Balaban J connectivity index is 2.29. The third kappa shape index (κ3) is 6.60. The number of aryl methyl sites for hydroxylation is 1. The molecule has 0 bridgehead atoms. The molecule has 5 heteroatoms. The molecule has 0 radical (unpaired) electrons. The van der Waals surface area contributed by atoms with E-state index in [1.54, 1.807) is 11.0 Å². The summed E-state index contributed by atoms with van der Waals surface area (Å²) in [6.45, 7) is 8.35. The van der Waals surface area contributed by atoms with E-state index in [2.05, 4.69) is 5.32 Å². The van der Waals surface area contributed by atoms with Crippen molar-refractivity contribution in [3.05, 3.63) is 70.2 Å². The van der Waals surface area contributed by atoms with Crippen LogP contribution < -0.4 is 5.32 Å². The number of rotatable bonds is 9. The largest absolute Gasteiger partial charge is 0.352 e. The maximum absolute atomic E-state index is 13.3. The Kier molecular flexibility index (Phi) is 8.71. The monoisotopic (exact) mass is 414 g/mol. The lowest BCUT2D eigenvalue weighted by molar-refractivity contribution is -0.141. The molecule has 2 aromatic carbocycles. The normalized spacial score (nSPS) is 12.9. The zero-order valence-corrected chi connectivity index (χ0v) is 18.5. The van der Waals surface area contributed by atoms with Crippen molar-refractivity contribution < 1.29 is 9.59 Å². The molecular weight excluding hydrogens is 384 g/mol. The zero-order chi connectivity index (χ0) is 21.4. The first-order valence-corrected chi connectivity index (χ1v) is 10.6. The fraction of sp³-hybridized carbons (Fsp3) is 0.417. The smallest absolute Gasteiger partial charge is 0.243 e. The SMILES string of the molecule is CC[C@@H](C)NC(=O)[C@@H](CC)N(Cc1ccc(C)cc1)C(=O)Cc1ccccc1Cl. The Bertz CT molecular complexity index is 820. The van der Waals surface area contributed by atoms with Crippen LogP contribution in [0.2, 0.25) is 5.02 Å². The predicted molar refractivity (Wildman–Crippen MR) is 119 cm³/mol. The molecule has 0 spiro atoms. The van der Waals surface area contributed by atoms with Gasteiger partial charge in [0.05, 0.1) is 6.42 Å². The van der Waals surface area contributed by atoms with E-state index in [4.69, 9.17) is 11.6 Å². The molecule has 2 atom stereocenters. The number of hydrogen-bond donors (Lipinski definition) is 1. The summed E-state index contributed by atoms with van der Waals surface area (Å²) in [6, 6.07) is 14.9. The van der Waals surface area contributed by atoms with E-state index >= 15 is 0 Å². The number of amides is 2. The molecule has 0 aliphatic heterocycles. The molecule has 4 nitrogen and oxygen atoms in total. The highest BCUT2D eigenvalue weighted by atomic mass is 35.5. The average Bonchev–Trinajstić information content (AvgIpc) is 2.70. The minimum Gasteiger partial charge on any atom is -0.352 e. The minimum atomic E-state index is -0.528. The van der Waals surface area contributed by atoms with E-state index in [0.717, 1.165) is 23.1 Å². The molecule has 0 aliphatic rings. The van der Waals surface area contributed by atoms with Gasteiger partial charge in [-0.3, -0.25) is 9.59 Å². The summed E-state index contributed by atoms with van der Waals surface area (Å²) in [5.41, 5.74) is 2.92. The topological polar surface area (TPSA) is 49.4 Å². The van der Waals surface area contributed by atoms with Crippen molar-refractivity contribution >= 4 is 23.4 Å². The highest BCUT2D eigenvalue weighted by molar-refractivity contribution is 6.31. The summed E-state index contributed by atoms with van der Waals surface area (Å²) in [7, 11) is 0. The summed E-state index contributed by atoms with van der Waals surface area (Å²) < 4.78 is 0. The van der Waals surface area contributed by atoms with Gasteiger partial charge >= 0.3 is 0 Å². The molecule has 0 saturated heterocycles. The first kappa shape index (κ1) is 23.0. The van der Waals surface area contributed by atoms with Gasteiger partial charge in [0.2, 0.25) is 11.8 Å². The Labute approximate surface area is 179 Å². The van der Waals surface area contributed by atoms with Crippen molar-refractivity contribution in [3.8, 4) is 0 Å². The average molecular weight is 415 g/mol. The van der Waals surface area contributed by atoms with Crippen molar-refractivity contribution in [2.24, 2.45) is 0 Å². The van der Waals surface area contributed by atoms with Crippen LogP contribution in [0.3, 0.4) is 0 Å². The van der Waals surface area contributed by atoms with Gasteiger partial charge in [-0.2, -0.15) is 0 Å². The molecule has 1 N–H and O–H groups in total. The Hall–Kier alpha value is -2.33. The number of nitrogens with zero attached hydrogens (tertiary/aromatic N) is 1. The third-order valence-corrected chi connectivity index (χ3v) is 5.53. The standard InChI is InChI=1S/C24H31ClN2O2/c1-5-18(4)26-24(29)22(6-2)27(16-19-13-11-17(3)12-14-19)23(28)15-20-9-7-8-10-21(20)25/h7-14,18,22H,5-6,15-16H2,1-4H3,(H,26,29)/t18-,22-/m1/s1. The molecule has 0 aliphatic carbocycles.